The normalized spacial score (nSPS) is 13.8. The molecule has 1 aliphatic heterocycles. The molecule has 2 aromatic rings. The fourth-order valence-corrected chi connectivity index (χ4v) is 4.97. The summed E-state index contributed by atoms with van der Waals surface area (Å²) in [6.45, 7) is 19.8. The molecule has 0 aromatic heterocycles. The van der Waals surface area contributed by atoms with Crippen molar-refractivity contribution in [3.63, 3.8) is 0 Å². The number of benzene rings is 2. The quantitative estimate of drug-likeness (QED) is 0.129. The molecule has 0 spiro atoms. The number of anilines is 4. The molecule has 2 N–H and O–H groups in total. The van der Waals surface area contributed by atoms with Gasteiger partial charge in [0.05, 0.1) is 29.3 Å². The van der Waals surface area contributed by atoms with Crippen LogP contribution in [0.1, 0.15) is 47.5 Å². The number of nitrogens with zero attached hydrogens (tertiary/aromatic N) is 3. The van der Waals surface area contributed by atoms with Crippen molar-refractivity contribution in [3.05, 3.63) is 66.7 Å². The maximum absolute atomic E-state index is 13.3. The number of ether oxygens (including phenoxy) is 1. The molecule has 0 bridgehead atoms. The highest BCUT2D eigenvalue weighted by Crippen LogP contribution is 2.38. The van der Waals surface area contributed by atoms with Gasteiger partial charge in [-0.05, 0) is 56.0 Å². The maximum atomic E-state index is 13.3. The first-order valence-corrected chi connectivity index (χ1v) is 15.4. The summed E-state index contributed by atoms with van der Waals surface area (Å²) in [7, 11) is 0. The van der Waals surface area contributed by atoms with Crippen molar-refractivity contribution in [2.24, 2.45) is 5.41 Å². The van der Waals surface area contributed by atoms with E-state index in [-0.39, 0.29) is 41.8 Å². The topological polar surface area (TPSA) is 111 Å². The van der Waals surface area contributed by atoms with Crippen LogP contribution >= 0.6 is 11.6 Å². The van der Waals surface area contributed by atoms with Crippen LogP contribution in [0.5, 0.6) is 5.75 Å². The van der Waals surface area contributed by atoms with Crippen LogP contribution in [-0.4, -0.2) is 67.4 Å². The highest BCUT2D eigenvalue weighted by molar-refractivity contribution is 6.44. The third kappa shape index (κ3) is 9.92. The Bertz CT molecular complexity index is 1420. The minimum atomic E-state index is -1.000. The van der Waals surface area contributed by atoms with E-state index in [1.165, 1.54) is 6.07 Å². The van der Waals surface area contributed by atoms with Crippen LogP contribution in [0.15, 0.2) is 61.7 Å². The minimum Gasteiger partial charge on any atom is -0.422 e. The molecule has 3 amide bonds. The fourth-order valence-electron chi connectivity index (χ4n) is 4.80. The van der Waals surface area contributed by atoms with E-state index in [0.717, 1.165) is 0 Å². The van der Waals surface area contributed by atoms with Gasteiger partial charge in [-0.1, -0.05) is 50.6 Å². The number of piperazine rings is 1. The Morgan fingerprint density at radius 1 is 1.02 bits per heavy atom. The van der Waals surface area contributed by atoms with E-state index < -0.39 is 17.8 Å². The molecule has 1 saturated heterocycles. The number of nitrogens with one attached hydrogen (secondary N) is 2. The lowest BCUT2D eigenvalue weighted by atomic mass is 9.91. The average Bonchev–Trinajstić information content (AvgIpc) is 2.96. The highest BCUT2D eigenvalue weighted by Gasteiger charge is 2.31. The van der Waals surface area contributed by atoms with Crippen molar-refractivity contribution in [2.75, 3.05) is 53.2 Å². The summed E-state index contributed by atoms with van der Waals surface area (Å²) < 4.78 is 5.83. The molecule has 0 radical (unpaired) electrons. The van der Waals surface area contributed by atoms with Gasteiger partial charge in [-0.25, -0.2) is 0 Å². The van der Waals surface area contributed by atoms with Crippen LogP contribution in [0.2, 0.25) is 5.02 Å². The third-order valence-corrected chi connectivity index (χ3v) is 7.50. The molecule has 242 valence electrons. The van der Waals surface area contributed by atoms with Crippen LogP contribution in [0.25, 0.3) is 0 Å². The molecule has 3 rings (SSSR count). The SMILES string of the molecule is C=CCN(CC=C)c1ccc(Cl)cc1NC(=O)C(=O)Nc1cccc(N2CCN(C(C)C)CC2=O)c1OC(=O)CCC(C)(C)C. The van der Waals surface area contributed by atoms with E-state index in [2.05, 4.69) is 28.7 Å². The zero-order valence-electron chi connectivity index (χ0n) is 26.8. The molecule has 45 heavy (non-hydrogen) atoms. The fraction of sp³-hybridized carbons (Fsp3) is 0.412. The third-order valence-electron chi connectivity index (χ3n) is 7.26. The van der Waals surface area contributed by atoms with Crippen LogP contribution in [0.3, 0.4) is 0 Å². The van der Waals surface area contributed by atoms with Gasteiger partial charge in [-0.15, -0.1) is 13.2 Å². The van der Waals surface area contributed by atoms with E-state index in [1.807, 2.05) is 39.5 Å². The first-order chi connectivity index (χ1) is 21.2. The molecule has 0 aliphatic carbocycles. The summed E-state index contributed by atoms with van der Waals surface area (Å²) in [6.07, 6.45) is 4.12. The number of esters is 1. The van der Waals surface area contributed by atoms with Crippen molar-refractivity contribution >= 4 is 58.0 Å². The zero-order chi connectivity index (χ0) is 33.3. The number of hydrogen-bond donors (Lipinski definition) is 2. The molecule has 10 nitrogen and oxygen atoms in total. The van der Waals surface area contributed by atoms with Crippen molar-refractivity contribution < 1.29 is 23.9 Å². The average molecular weight is 638 g/mol. The second-order valence-corrected chi connectivity index (χ2v) is 12.8. The van der Waals surface area contributed by atoms with Crippen LogP contribution < -0.4 is 25.2 Å². The van der Waals surface area contributed by atoms with Gasteiger partial charge >= 0.3 is 17.8 Å². The first-order valence-electron chi connectivity index (χ1n) is 15.0. The summed E-state index contributed by atoms with van der Waals surface area (Å²) in [5.74, 6) is -2.64. The summed E-state index contributed by atoms with van der Waals surface area (Å²) in [4.78, 5) is 58.2. The number of hydrogen-bond acceptors (Lipinski definition) is 7. The van der Waals surface area contributed by atoms with E-state index in [9.17, 15) is 19.2 Å². The van der Waals surface area contributed by atoms with Crippen molar-refractivity contribution in [3.8, 4) is 5.75 Å². The number of carbonyl (C=O) groups is 4. The van der Waals surface area contributed by atoms with E-state index in [4.69, 9.17) is 16.3 Å². The van der Waals surface area contributed by atoms with Gasteiger partial charge in [0, 0.05) is 43.7 Å². The number of amides is 3. The molecular weight excluding hydrogens is 594 g/mol. The predicted octanol–water partition coefficient (Wildman–Crippen LogP) is 5.88. The lowest BCUT2D eigenvalue weighted by molar-refractivity contribution is -0.135. The summed E-state index contributed by atoms with van der Waals surface area (Å²) in [5, 5.41) is 5.60. The number of halogens is 1. The number of carbonyl (C=O) groups excluding carboxylic acids is 4. The van der Waals surface area contributed by atoms with Gasteiger partial charge < -0.3 is 25.2 Å². The second-order valence-electron chi connectivity index (χ2n) is 12.4. The van der Waals surface area contributed by atoms with Gasteiger partial charge in [0.2, 0.25) is 5.91 Å². The van der Waals surface area contributed by atoms with Gasteiger partial charge in [0.15, 0.2) is 5.75 Å². The molecule has 11 heteroatoms. The summed E-state index contributed by atoms with van der Waals surface area (Å²) in [5.41, 5.74) is 1.26. The zero-order valence-corrected chi connectivity index (χ0v) is 27.6. The molecule has 0 unspecified atom stereocenters. The Hall–Kier alpha value is -4.15. The molecule has 1 aliphatic rings. The minimum absolute atomic E-state index is 0.00971. The van der Waals surface area contributed by atoms with Crippen molar-refractivity contribution in [2.45, 2.75) is 53.5 Å². The van der Waals surface area contributed by atoms with Gasteiger partial charge in [0.25, 0.3) is 0 Å². The molecule has 2 aromatic carbocycles. The summed E-state index contributed by atoms with van der Waals surface area (Å²) in [6, 6.07) is 9.97. The molecule has 1 fully saturated rings. The van der Waals surface area contributed by atoms with Gasteiger partial charge in [0.1, 0.15) is 0 Å². The lowest BCUT2D eigenvalue weighted by Crippen LogP contribution is -2.52. The monoisotopic (exact) mass is 637 g/mol. The predicted molar refractivity (Wildman–Crippen MR) is 181 cm³/mol. The standard InChI is InChI=1S/C34H44ClN5O5/c1-8-17-38(18-9-2)27-14-13-24(35)21-26(27)37-33(44)32(43)36-25-11-10-12-28(31(25)45-30(42)15-16-34(5,6)7)40-20-19-39(23(3)4)22-29(40)41/h8-14,21,23H,1-2,15-20,22H2,3-7H3,(H,36,43)(H,37,44). The molecule has 1 heterocycles. The Labute approximate surface area is 271 Å². The van der Waals surface area contributed by atoms with Crippen LogP contribution in [0.4, 0.5) is 22.7 Å². The Balaban J connectivity index is 1.91. The van der Waals surface area contributed by atoms with Crippen LogP contribution in [0, 0.1) is 5.41 Å². The molecule has 0 atom stereocenters. The Morgan fingerprint density at radius 2 is 1.67 bits per heavy atom. The summed E-state index contributed by atoms with van der Waals surface area (Å²) >= 11 is 6.23. The van der Waals surface area contributed by atoms with Crippen molar-refractivity contribution in [1.29, 1.82) is 0 Å². The van der Waals surface area contributed by atoms with Gasteiger partial charge in [-0.2, -0.15) is 0 Å². The smallest absolute Gasteiger partial charge is 0.314 e. The number of para-hydroxylation sites is 1. The highest BCUT2D eigenvalue weighted by atomic mass is 35.5. The first kappa shape index (κ1) is 35.3. The number of rotatable bonds is 12. The van der Waals surface area contributed by atoms with Crippen molar-refractivity contribution in [1.82, 2.24) is 4.90 Å². The second kappa shape index (κ2) is 15.7. The van der Waals surface area contributed by atoms with Gasteiger partial charge in [-0.3, -0.25) is 24.1 Å². The van der Waals surface area contributed by atoms with E-state index in [0.29, 0.717) is 54.7 Å². The van der Waals surface area contributed by atoms with E-state index in [1.54, 1.807) is 47.4 Å². The van der Waals surface area contributed by atoms with E-state index >= 15 is 0 Å². The Morgan fingerprint density at radius 3 is 2.24 bits per heavy atom. The Kier molecular flexibility index (Phi) is 12.3. The largest absolute Gasteiger partial charge is 0.422 e. The molecule has 0 saturated carbocycles. The van der Waals surface area contributed by atoms with Crippen LogP contribution in [-0.2, 0) is 19.2 Å². The molecular formula is C34H44ClN5O5. The lowest BCUT2D eigenvalue weighted by Gasteiger charge is -2.37. The maximum Gasteiger partial charge on any atom is 0.314 e.